The lowest BCUT2D eigenvalue weighted by Gasteiger charge is -2.09. The first kappa shape index (κ1) is 12.8. The second kappa shape index (κ2) is 4.54. The number of nitrogens with one attached hydrogen (secondary N) is 1. The van der Waals surface area contributed by atoms with Gasteiger partial charge in [0.05, 0.1) is 0 Å². The third kappa shape index (κ3) is 2.44. The zero-order chi connectivity index (χ0) is 13.3. The zero-order valence-electron chi connectivity index (χ0n) is 9.34. The van der Waals surface area contributed by atoms with Gasteiger partial charge >= 0.3 is 0 Å². The molecule has 0 saturated carbocycles. The summed E-state index contributed by atoms with van der Waals surface area (Å²) in [6.45, 7) is 1.45. The molecular formula is C10H10FN3O2S2. The fraction of sp³-hybridized carbons (Fsp3) is 0.100. The van der Waals surface area contributed by atoms with Crippen molar-refractivity contribution in [2.75, 3.05) is 10.5 Å². The molecule has 0 aliphatic carbocycles. The Morgan fingerprint density at radius 3 is 2.78 bits per heavy atom. The number of halogens is 1. The van der Waals surface area contributed by atoms with E-state index in [1.54, 1.807) is 5.38 Å². The molecule has 0 spiro atoms. The van der Waals surface area contributed by atoms with Gasteiger partial charge in [0, 0.05) is 17.3 Å². The lowest BCUT2D eigenvalue weighted by atomic mass is 10.2. The molecule has 0 radical (unpaired) electrons. The first-order chi connectivity index (χ1) is 8.40. The number of benzene rings is 1. The number of anilines is 2. The number of aryl methyl sites for hydroxylation is 1. The maximum atomic E-state index is 13.8. The molecule has 0 unspecified atom stereocenters. The van der Waals surface area contributed by atoms with Crippen LogP contribution in [0.25, 0.3) is 0 Å². The third-order valence-electron chi connectivity index (χ3n) is 2.19. The predicted octanol–water partition coefficient (Wildman–Crippen LogP) is 1.97. The standard InChI is InChI=1S/C10H10FN3O2S2/c1-6-4-7(12)5-8(9(6)11)18(15,16)14-10-13-2-3-17-10/h2-5H,12H2,1H3,(H,13,14). The first-order valence-electron chi connectivity index (χ1n) is 4.88. The van der Waals surface area contributed by atoms with Gasteiger partial charge in [-0.05, 0) is 24.6 Å². The summed E-state index contributed by atoms with van der Waals surface area (Å²) in [6.07, 6.45) is 1.45. The number of nitrogen functional groups attached to an aromatic ring is 1. The summed E-state index contributed by atoms with van der Waals surface area (Å²) in [5, 5.41) is 1.79. The molecule has 0 aliphatic rings. The van der Waals surface area contributed by atoms with Crippen LogP contribution in [0.15, 0.2) is 28.6 Å². The summed E-state index contributed by atoms with van der Waals surface area (Å²) in [7, 11) is -4.02. The molecule has 2 aromatic rings. The molecule has 1 heterocycles. The van der Waals surface area contributed by atoms with Gasteiger partial charge in [0.15, 0.2) is 5.13 Å². The summed E-state index contributed by atoms with van der Waals surface area (Å²) >= 11 is 1.10. The van der Waals surface area contributed by atoms with Gasteiger partial charge in [-0.2, -0.15) is 0 Å². The van der Waals surface area contributed by atoms with Crippen LogP contribution in [0.3, 0.4) is 0 Å². The van der Waals surface area contributed by atoms with Crippen molar-refractivity contribution in [3.05, 3.63) is 35.1 Å². The molecule has 0 fully saturated rings. The van der Waals surface area contributed by atoms with Crippen LogP contribution in [0.4, 0.5) is 15.2 Å². The van der Waals surface area contributed by atoms with Gasteiger partial charge in [-0.1, -0.05) is 0 Å². The summed E-state index contributed by atoms with van der Waals surface area (Å²) in [6, 6.07) is 2.45. The fourth-order valence-corrected chi connectivity index (χ4v) is 3.38. The summed E-state index contributed by atoms with van der Waals surface area (Å²) in [5.74, 6) is -0.812. The fourth-order valence-electron chi connectivity index (χ4n) is 1.40. The van der Waals surface area contributed by atoms with E-state index in [4.69, 9.17) is 5.73 Å². The topological polar surface area (TPSA) is 85.1 Å². The molecule has 2 rings (SSSR count). The number of hydrogen-bond acceptors (Lipinski definition) is 5. The van der Waals surface area contributed by atoms with Gasteiger partial charge in [0.1, 0.15) is 10.7 Å². The quantitative estimate of drug-likeness (QED) is 0.845. The summed E-state index contributed by atoms with van der Waals surface area (Å²) in [5.41, 5.74) is 5.89. The average molecular weight is 287 g/mol. The van der Waals surface area contributed by atoms with Gasteiger partial charge in [0.25, 0.3) is 10.0 Å². The van der Waals surface area contributed by atoms with Crippen molar-refractivity contribution >= 4 is 32.2 Å². The molecule has 1 aromatic heterocycles. The lowest BCUT2D eigenvalue weighted by Crippen LogP contribution is -2.15. The van der Waals surface area contributed by atoms with Crippen molar-refractivity contribution in [1.29, 1.82) is 0 Å². The molecule has 18 heavy (non-hydrogen) atoms. The minimum Gasteiger partial charge on any atom is -0.399 e. The van der Waals surface area contributed by atoms with Crippen molar-refractivity contribution < 1.29 is 12.8 Å². The maximum absolute atomic E-state index is 13.8. The highest BCUT2D eigenvalue weighted by molar-refractivity contribution is 7.93. The Hall–Kier alpha value is -1.67. The summed E-state index contributed by atoms with van der Waals surface area (Å²) in [4.78, 5) is 3.30. The average Bonchev–Trinajstić information content (AvgIpc) is 2.75. The Morgan fingerprint density at radius 2 is 2.17 bits per heavy atom. The van der Waals surface area contributed by atoms with E-state index in [1.165, 1.54) is 19.2 Å². The van der Waals surface area contributed by atoms with Crippen molar-refractivity contribution in [2.45, 2.75) is 11.8 Å². The van der Waals surface area contributed by atoms with E-state index >= 15 is 0 Å². The molecule has 96 valence electrons. The van der Waals surface area contributed by atoms with Crippen LogP contribution in [-0.2, 0) is 10.0 Å². The van der Waals surface area contributed by atoms with E-state index in [9.17, 15) is 12.8 Å². The van der Waals surface area contributed by atoms with Crippen LogP contribution in [0, 0.1) is 12.7 Å². The summed E-state index contributed by atoms with van der Waals surface area (Å²) < 4.78 is 40.0. The SMILES string of the molecule is Cc1cc(N)cc(S(=O)(=O)Nc2nccs2)c1F. The van der Waals surface area contributed by atoms with Crippen molar-refractivity contribution in [2.24, 2.45) is 0 Å². The Balaban J connectivity index is 2.48. The third-order valence-corrected chi connectivity index (χ3v) is 4.34. The zero-order valence-corrected chi connectivity index (χ0v) is 11.0. The van der Waals surface area contributed by atoms with Crippen LogP contribution < -0.4 is 10.5 Å². The number of nitrogens with two attached hydrogens (primary N) is 1. The second-order valence-corrected chi connectivity index (χ2v) is 6.14. The normalized spacial score (nSPS) is 11.4. The first-order valence-corrected chi connectivity index (χ1v) is 7.24. The van der Waals surface area contributed by atoms with Gasteiger partial charge in [0.2, 0.25) is 0 Å². The van der Waals surface area contributed by atoms with Crippen LogP contribution in [0.5, 0.6) is 0 Å². The molecular weight excluding hydrogens is 277 g/mol. The Morgan fingerprint density at radius 1 is 1.44 bits per heavy atom. The van der Waals surface area contributed by atoms with Crippen molar-refractivity contribution in [3.8, 4) is 0 Å². The van der Waals surface area contributed by atoms with Crippen LogP contribution in [0.1, 0.15) is 5.56 Å². The highest BCUT2D eigenvalue weighted by Gasteiger charge is 2.22. The van der Waals surface area contributed by atoms with E-state index in [1.807, 2.05) is 0 Å². The number of hydrogen-bond donors (Lipinski definition) is 2. The number of aromatic nitrogens is 1. The van der Waals surface area contributed by atoms with Gasteiger partial charge < -0.3 is 5.73 Å². The smallest absolute Gasteiger partial charge is 0.266 e. The monoisotopic (exact) mass is 287 g/mol. The molecule has 3 N–H and O–H groups in total. The predicted molar refractivity (Wildman–Crippen MR) is 68.5 cm³/mol. The van der Waals surface area contributed by atoms with Gasteiger partial charge in [-0.25, -0.2) is 17.8 Å². The van der Waals surface area contributed by atoms with Crippen molar-refractivity contribution in [1.82, 2.24) is 4.98 Å². The largest absolute Gasteiger partial charge is 0.399 e. The van der Waals surface area contributed by atoms with E-state index in [0.29, 0.717) is 0 Å². The molecule has 1 aromatic carbocycles. The van der Waals surface area contributed by atoms with Crippen LogP contribution in [0.2, 0.25) is 0 Å². The highest BCUT2D eigenvalue weighted by atomic mass is 32.2. The molecule has 0 saturated heterocycles. The molecule has 8 heteroatoms. The highest BCUT2D eigenvalue weighted by Crippen LogP contribution is 2.24. The van der Waals surface area contributed by atoms with E-state index in [2.05, 4.69) is 9.71 Å². The van der Waals surface area contributed by atoms with E-state index in [0.717, 1.165) is 17.4 Å². The van der Waals surface area contributed by atoms with E-state index in [-0.39, 0.29) is 16.4 Å². The number of nitrogens with zero attached hydrogens (tertiary/aromatic N) is 1. The lowest BCUT2D eigenvalue weighted by molar-refractivity contribution is 0.565. The number of rotatable bonds is 3. The second-order valence-electron chi connectivity index (χ2n) is 3.59. The van der Waals surface area contributed by atoms with Crippen LogP contribution in [-0.4, -0.2) is 13.4 Å². The minimum atomic E-state index is -4.02. The molecule has 0 amide bonds. The molecule has 0 atom stereocenters. The van der Waals surface area contributed by atoms with E-state index < -0.39 is 20.7 Å². The molecule has 5 nitrogen and oxygen atoms in total. The van der Waals surface area contributed by atoms with Crippen LogP contribution >= 0.6 is 11.3 Å². The van der Waals surface area contributed by atoms with Crippen molar-refractivity contribution in [3.63, 3.8) is 0 Å². The van der Waals surface area contributed by atoms with Gasteiger partial charge in [-0.3, -0.25) is 4.72 Å². The number of sulfonamides is 1. The molecule has 0 bridgehead atoms. The van der Waals surface area contributed by atoms with Gasteiger partial charge in [-0.15, -0.1) is 11.3 Å². The Bertz CT molecular complexity index is 669. The molecule has 0 aliphatic heterocycles. The Labute approximate surface area is 108 Å². The number of thiazole rings is 1. The minimum absolute atomic E-state index is 0.175. The Kier molecular flexibility index (Phi) is 3.22. The maximum Gasteiger partial charge on any atom is 0.266 e.